The molecule has 1 saturated heterocycles. The monoisotopic (exact) mass is 396 g/mol. The number of hydrogen-bond acceptors (Lipinski definition) is 3. The lowest BCUT2D eigenvalue weighted by molar-refractivity contribution is -0.132. The Morgan fingerprint density at radius 1 is 1.44 bits per heavy atom. The standard InChI is InChI=1S/C18H19ClF2N4O2/c1-2-11(16(27)25-4-3-17(9-25)8-18(17,20)21)24-15(26)12-5-10-6-14(19)22-7-13(10)23-12/h5-7,11,23H,2-4,8-9H2,1H3,(H,24,26)/t11-,17+/m0/s1. The maximum Gasteiger partial charge on any atom is 0.268 e. The van der Waals surface area contributed by atoms with Gasteiger partial charge in [0.05, 0.1) is 17.1 Å². The molecule has 2 fully saturated rings. The summed E-state index contributed by atoms with van der Waals surface area (Å²) < 4.78 is 27.1. The van der Waals surface area contributed by atoms with Crippen molar-refractivity contribution < 1.29 is 18.4 Å². The van der Waals surface area contributed by atoms with E-state index >= 15 is 0 Å². The molecule has 3 heterocycles. The molecule has 2 aromatic rings. The first-order valence-electron chi connectivity index (χ1n) is 8.86. The number of pyridine rings is 1. The van der Waals surface area contributed by atoms with Crippen LogP contribution >= 0.6 is 11.6 Å². The summed E-state index contributed by atoms with van der Waals surface area (Å²) in [7, 11) is 0. The van der Waals surface area contributed by atoms with Gasteiger partial charge in [0.15, 0.2) is 0 Å². The lowest BCUT2D eigenvalue weighted by Gasteiger charge is -2.23. The van der Waals surface area contributed by atoms with Crippen molar-refractivity contribution in [2.24, 2.45) is 5.41 Å². The molecule has 0 bridgehead atoms. The molecule has 2 N–H and O–H groups in total. The fourth-order valence-electron chi connectivity index (χ4n) is 3.81. The number of amides is 2. The van der Waals surface area contributed by atoms with E-state index in [1.54, 1.807) is 19.1 Å². The van der Waals surface area contributed by atoms with Crippen molar-refractivity contribution in [1.29, 1.82) is 0 Å². The van der Waals surface area contributed by atoms with E-state index in [1.165, 1.54) is 11.1 Å². The molecule has 9 heteroatoms. The average Bonchev–Trinajstić information content (AvgIpc) is 3.01. The Kier molecular flexibility index (Phi) is 4.14. The molecule has 2 aliphatic rings. The summed E-state index contributed by atoms with van der Waals surface area (Å²) in [6, 6.07) is 2.50. The molecule has 2 aromatic heterocycles. The number of aromatic amines is 1. The second-order valence-corrected chi connectivity index (χ2v) is 7.77. The van der Waals surface area contributed by atoms with E-state index < -0.39 is 23.3 Å². The molecule has 4 rings (SSSR count). The topological polar surface area (TPSA) is 78.1 Å². The fraction of sp³-hybridized carbons (Fsp3) is 0.500. The minimum absolute atomic E-state index is 0.0573. The fourth-order valence-corrected chi connectivity index (χ4v) is 3.97. The molecule has 6 nitrogen and oxygen atoms in total. The third-order valence-electron chi connectivity index (χ3n) is 5.60. The number of hydrogen-bond donors (Lipinski definition) is 2. The summed E-state index contributed by atoms with van der Waals surface area (Å²) in [5.41, 5.74) is -0.109. The van der Waals surface area contributed by atoms with Crippen LogP contribution in [0.5, 0.6) is 0 Å². The Labute approximate surface area is 159 Å². The highest BCUT2D eigenvalue weighted by Gasteiger charge is 2.73. The van der Waals surface area contributed by atoms with Crippen molar-refractivity contribution in [2.45, 2.75) is 38.2 Å². The van der Waals surface area contributed by atoms with Crippen molar-refractivity contribution in [3.8, 4) is 0 Å². The first kappa shape index (κ1) is 18.2. The molecule has 0 radical (unpaired) electrons. The third-order valence-corrected chi connectivity index (χ3v) is 5.81. The van der Waals surface area contributed by atoms with Gasteiger partial charge in [0.2, 0.25) is 5.91 Å². The number of rotatable bonds is 4. The SMILES string of the molecule is CC[C@H](NC(=O)c1cc2cc(Cl)ncc2[nH]1)C(=O)N1CC[C@]2(C1)CC2(F)F. The average molecular weight is 397 g/mol. The van der Waals surface area contributed by atoms with Crippen LogP contribution in [0.15, 0.2) is 18.3 Å². The predicted molar refractivity (Wildman–Crippen MR) is 95.8 cm³/mol. The van der Waals surface area contributed by atoms with E-state index in [4.69, 9.17) is 11.6 Å². The highest BCUT2D eigenvalue weighted by molar-refractivity contribution is 6.30. The number of nitrogens with one attached hydrogen (secondary N) is 2. The number of carbonyl (C=O) groups is 2. The first-order chi connectivity index (χ1) is 12.7. The molecule has 144 valence electrons. The van der Waals surface area contributed by atoms with Crippen LogP contribution in [-0.4, -0.2) is 51.7 Å². The molecule has 2 atom stereocenters. The van der Waals surface area contributed by atoms with E-state index in [2.05, 4.69) is 15.3 Å². The summed E-state index contributed by atoms with van der Waals surface area (Å²) in [5.74, 6) is -3.42. The number of nitrogens with zero attached hydrogens (tertiary/aromatic N) is 2. The van der Waals surface area contributed by atoms with Crippen molar-refractivity contribution in [1.82, 2.24) is 20.2 Å². The van der Waals surface area contributed by atoms with Crippen molar-refractivity contribution in [2.75, 3.05) is 13.1 Å². The molecule has 1 spiro atoms. The lowest BCUT2D eigenvalue weighted by atomic mass is 10.1. The van der Waals surface area contributed by atoms with E-state index in [1.807, 2.05) is 0 Å². The van der Waals surface area contributed by atoms with Crippen LogP contribution in [-0.2, 0) is 4.79 Å². The Balaban J connectivity index is 1.45. The van der Waals surface area contributed by atoms with Gasteiger partial charge in [0.25, 0.3) is 11.8 Å². The van der Waals surface area contributed by atoms with Gasteiger partial charge in [-0.2, -0.15) is 0 Å². The number of alkyl halides is 2. The molecule has 0 unspecified atom stereocenters. The maximum atomic E-state index is 13.5. The largest absolute Gasteiger partial charge is 0.349 e. The van der Waals surface area contributed by atoms with Gasteiger partial charge in [-0.15, -0.1) is 0 Å². The van der Waals surface area contributed by atoms with Crippen molar-refractivity contribution in [3.05, 3.63) is 29.2 Å². The van der Waals surface area contributed by atoms with Gasteiger partial charge < -0.3 is 15.2 Å². The van der Waals surface area contributed by atoms with Crippen LogP contribution in [0.1, 0.15) is 36.7 Å². The molecular formula is C18H19ClF2N4O2. The van der Waals surface area contributed by atoms with E-state index in [-0.39, 0.29) is 24.6 Å². The smallest absolute Gasteiger partial charge is 0.268 e. The maximum absolute atomic E-state index is 13.5. The van der Waals surface area contributed by atoms with Crippen LogP contribution in [0.2, 0.25) is 5.15 Å². The van der Waals surface area contributed by atoms with E-state index in [0.717, 1.165) is 5.39 Å². The second-order valence-electron chi connectivity index (χ2n) is 7.38. The number of halogens is 3. The van der Waals surface area contributed by atoms with Gasteiger partial charge in [-0.3, -0.25) is 9.59 Å². The Hall–Kier alpha value is -2.22. The van der Waals surface area contributed by atoms with Gasteiger partial charge in [-0.1, -0.05) is 18.5 Å². The number of carbonyl (C=O) groups excluding carboxylic acids is 2. The zero-order valence-electron chi connectivity index (χ0n) is 14.7. The van der Waals surface area contributed by atoms with Gasteiger partial charge in [-0.25, -0.2) is 13.8 Å². The summed E-state index contributed by atoms with van der Waals surface area (Å²) in [5, 5.41) is 3.75. The number of aromatic nitrogens is 2. The van der Waals surface area contributed by atoms with E-state index in [9.17, 15) is 18.4 Å². The molecule has 1 saturated carbocycles. The normalized spacial score (nSPS) is 24.4. The van der Waals surface area contributed by atoms with Crippen LogP contribution in [0.25, 0.3) is 10.9 Å². The van der Waals surface area contributed by atoms with Crippen molar-refractivity contribution >= 4 is 34.3 Å². The zero-order chi connectivity index (χ0) is 19.4. The highest BCUT2D eigenvalue weighted by atomic mass is 35.5. The molecular weight excluding hydrogens is 378 g/mol. The molecule has 1 aliphatic heterocycles. The minimum Gasteiger partial charge on any atom is -0.349 e. The molecule has 1 aliphatic carbocycles. The van der Waals surface area contributed by atoms with Gasteiger partial charge in [0.1, 0.15) is 16.9 Å². The summed E-state index contributed by atoms with van der Waals surface area (Å²) in [6.07, 6.45) is 2.05. The Bertz CT molecular complexity index is 931. The minimum atomic E-state index is -2.67. The molecule has 27 heavy (non-hydrogen) atoms. The van der Waals surface area contributed by atoms with Gasteiger partial charge >= 0.3 is 0 Å². The lowest BCUT2D eigenvalue weighted by Crippen LogP contribution is -2.47. The summed E-state index contributed by atoms with van der Waals surface area (Å²) in [6.45, 7) is 2.13. The molecule has 2 amide bonds. The van der Waals surface area contributed by atoms with Crippen LogP contribution in [0, 0.1) is 5.41 Å². The Morgan fingerprint density at radius 3 is 2.81 bits per heavy atom. The highest BCUT2D eigenvalue weighted by Crippen LogP contribution is 2.65. The Morgan fingerprint density at radius 2 is 2.19 bits per heavy atom. The first-order valence-corrected chi connectivity index (χ1v) is 9.24. The zero-order valence-corrected chi connectivity index (χ0v) is 15.4. The van der Waals surface area contributed by atoms with Gasteiger partial charge in [0, 0.05) is 24.9 Å². The quantitative estimate of drug-likeness (QED) is 0.780. The predicted octanol–water partition coefficient (Wildman–Crippen LogP) is 2.98. The van der Waals surface area contributed by atoms with Gasteiger partial charge in [-0.05, 0) is 25.0 Å². The van der Waals surface area contributed by atoms with Crippen LogP contribution in [0.3, 0.4) is 0 Å². The number of fused-ring (bicyclic) bond motifs is 1. The number of likely N-dealkylation sites (tertiary alicyclic amines) is 1. The summed E-state index contributed by atoms with van der Waals surface area (Å²) in [4.78, 5) is 33.6. The molecule has 0 aromatic carbocycles. The number of H-pyrrole nitrogens is 1. The third kappa shape index (κ3) is 3.05. The van der Waals surface area contributed by atoms with Crippen LogP contribution in [0.4, 0.5) is 8.78 Å². The van der Waals surface area contributed by atoms with Crippen molar-refractivity contribution in [3.63, 3.8) is 0 Å². The summed E-state index contributed by atoms with van der Waals surface area (Å²) >= 11 is 5.85. The van der Waals surface area contributed by atoms with Crippen LogP contribution < -0.4 is 5.32 Å². The van der Waals surface area contributed by atoms with E-state index in [0.29, 0.717) is 30.1 Å². The second kappa shape index (κ2) is 6.15.